The molecule has 0 aromatic carbocycles. The molecule has 4 fully saturated rings. The van der Waals surface area contributed by atoms with Gasteiger partial charge in [0, 0.05) is 24.3 Å². The Labute approximate surface area is 267 Å². The summed E-state index contributed by atoms with van der Waals surface area (Å²) in [5.74, 6) is -1.00. The van der Waals surface area contributed by atoms with Crippen LogP contribution in [0.5, 0.6) is 0 Å². The summed E-state index contributed by atoms with van der Waals surface area (Å²) < 4.78 is 32.5. The molecule has 0 aromatic rings. The third-order valence-electron chi connectivity index (χ3n) is 11.3. The standard InChI is InChI=1S/C36H63NO7/c1-9-12-25(37(7)8)20-27-14-16-30(40-27)22(4)34-29(11-3)33-19-18-32(43-33)24(6)35(38)42-26(13-10-2)21-28-15-17-31(41-28)23(5)36(39)44-34/h22-34H,9-21H2,1-8H3/t22-,23+,24-,25-,26+,27+,28+,29-,30-,31-,32-,33+,34+/m1/s1. The Morgan fingerprint density at radius 2 is 1.43 bits per heavy atom. The normalized spacial score (nSPS) is 40.2. The molecule has 8 heteroatoms. The molecule has 4 aliphatic heterocycles. The molecule has 0 saturated carbocycles. The molecule has 4 saturated heterocycles. The zero-order valence-corrected chi connectivity index (χ0v) is 29.0. The van der Waals surface area contributed by atoms with E-state index in [2.05, 4.69) is 46.7 Å². The summed E-state index contributed by atoms with van der Waals surface area (Å²) in [7, 11) is 4.33. The molecule has 4 heterocycles. The molecule has 4 bridgehead atoms. The van der Waals surface area contributed by atoms with Crippen LogP contribution in [0.15, 0.2) is 0 Å². The predicted molar refractivity (Wildman–Crippen MR) is 171 cm³/mol. The van der Waals surface area contributed by atoms with E-state index in [1.165, 1.54) is 6.42 Å². The van der Waals surface area contributed by atoms with Gasteiger partial charge in [-0.15, -0.1) is 0 Å². The first-order valence-electron chi connectivity index (χ1n) is 18.1. The van der Waals surface area contributed by atoms with E-state index in [0.29, 0.717) is 12.5 Å². The number of esters is 2. The lowest BCUT2D eigenvalue weighted by Gasteiger charge is -2.38. The van der Waals surface area contributed by atoms with Crippen LogP contribution in [0.4, 0.5) is 0 Å². The number of carbonyl (C=O) groups is 2. The number of rotatable bonds is 10. The lowest BCUT2D eigenvalue weighted by Crippen LogP contribution is -2.45. The Hall–Kier alpha value is -1.22. The molecule has 0 aliphatic carbocycles. The number of hydrogen-bond acceptors (Lipinski definition) is 8. The summed E-state index contributed by atoms with van der Waals surface area (Å²) in [4.78, 5) is 29.5. The van der Waals surface area contributed by atoms with E-state index >= 15 is 0 Å². The summed E-state index contributed by atoms with van der Waals surface area (Å²) in [6, 6.07) is 0.508. The molecule has 13 atom stereocenters. The average Bonchev–Trinajstić information content (AvgIpc) is 3.77. The Balaban J connectivity index is 1.55. The van der Waals surface area contributed by atoms with Gasteiger partial charge in [0.15, 0.2) is 0 Å². The van der Waals surface area contributed by atoms with Crippen molar-refractivity contribution in [2.24, 2.45) is 23.7 Å². The van der Waals surface area contributed by atoms with Crippen LogP contribution in [0, 0.1) is 23.7 Å². The molecule has 44 heavy (non-hydrogen) atoms. The Morgan fingerprint density at radius 1 is 0.773 bits per heavy atom. The number of ether oxygens (including phenoxy) is 5. The van der Waals surface area contributed by atoms with Gasteiger partial charge in [-0.05, 0) is 92.2 Å². The van der Waals surface area contributed by atoms with E-state index in [4.69, 9.17) is 23.7 Å². The van der Waals surface area contributed by atoms with Gasteiger partial charge in [-0.3, -0.25) is 9.59 Å². The molecule has 4 rings (SSSR count). The van der Waals surface area contributed by atoms with Crippen molar-refractivity contribution in [1.82, 2.24) is 4.90 Å². The zero-order chi connectivity index (χ0) is 32.0. The quantitative estimate of drug-likeness (QED) is 0.249. The number of cyclic esters (lactones) is 2. The number of hydrogen-bond donors (Lipinski definition) is 0. The largest absolute Gasteiger partial charge is 0.462 e. The fourth-order valence-electron chi connectivity index (χ4n) is 8.32. The zero-order valence-electron chi connectivity index (χ0n) is 29.0. The van der Waals surface area contributed by atoms with E-state index in [0.717, 1.165) is 70.6 Å². The highest BCUT2D eigenvalue weighted by atomic mass is 16.6. The second kappa shape index (κ2) is 16.6. The predicted octanol–water partition coefficient (Wildman–Crippen LogP) is 6.71. The Kier molecular flexibility index (Phi) is 13.4. The monoisotopic (exact) mass is 621 g/mol. The van der Waals surface area contributed by atoms with Crippen molar-refractivity contribution in [1.29, 1.82) is 0 Å². The van der Waals surface area contributed by atoms with Crippen molar-refractivity contribution in [2.75, 3.05) is 14.1 Å². The fraction of sp³-hybridized carbons (Fsp3) is 0.944. The van der Waals surface area contributed by atoms with E-state index in [1.54, 1.807) is 0 Å². The highest BCUT2D eigenvalue weighted by Gasteiger charge is 2.46. The molecule has 0 spiro atoms. The summed E-state index contributed by atoms with van der Waals surface area (Å²) >= 11 is 0. The molecule has 0 aromatic heterocycles. The SMILES string of the molecule is CCC[C@H]1C[C@@H]2CC[C@@H](O2)[C@H](C)C(=O)O[C@@H]([C@H](C)[C@H]2CC[C@@H](C[C@@H](CCC)N(C)C)O2)[C@H](CC)[C@@H]2CC[C@@H](O2)[C@@H](C)C(=O)O1. The summed E-state index contributed by atoms with van der Waals surface area (Å²) in [6.45, 7) is 12.6. The summed E-state index contributed by atoms with van der Waals surface area (Å²) in [6.07, 6.45) is 11.2. The summed E-state index contributed by atoms with van der Waals surface area (Å²) in [5.41, 5.74) is 0. The molecule has 0 N–H and O–H groups in total. The van der Waals surface area contributed by atoms with E-state index in [-0.39, 0.29) is 84.4 Å². The highest BCUT2D eigenvalue weighted by molar-refractivity contribution is 5.73. The van der Waals surface area contributed by atoms with Gasteiger partial charge in [0.1, 0.15) is 12.2 Å². The highest BCUT2D eigenvalue weighted by Crippen LogP contribution is 2.40. The van der Waals surface area contributed by atoms with Crippen molar-refractivity contribution in [3.63, 3.8) is 0 Å². The molecule has 8 nitrogen and oxygen atoms in total. The van der Waals surface area contributed by atoms with Gasteiger partial charge in [-0.1, -0.05) is 40.5 Å². The van der Waals surface area contributed by atoms with Gasteiger partial charge in [-0.25, -0.2) is 0 Å². The molecular weight excluding hydrogens is 558 g/mol. The van der Waals surface area contributed by atoms with Crippen molar-refractivity contribution in [3.05, 3.63) is 0 Å². The van der Waals surface area contributed by atoms with Crippen molar-refractivity contribution in [2.45, 2.75) is 180 Å². The van der Waals surface area contributed by atoms with Crippen molar-refractivity contribution in [3.8, 4) is 0 Å². The molecule has 0 amide bonds. The molecule has 4 aliphatic rings. The van der Waals surface area contributed by atoms with Gasteiger partial charge in [-0.2, -0.15) is 0 Å². The summed E-state index contributed by atoms with van der Waals surface area (Å²) in [5, 5.41) is 0. The van der Waals surface area contributed by atoms with Crippen LogP contribution < -0.4 is 0 Å². The van der Waals surface area contributed by atoms with Crippen LogP contribution in [-0.4, -0.2) is 85.8 Å². The van der Waals surface area contributed by atoms with Gasteiger partial charge in [0.25, 0.3) is 0 Å². The maximum atomic E-state index is 13.9. The first-order chi connectivity index (χ1) is 21.1. The molecule has 254 valence electrons. The van der Waals surface area contributed by atoms with Crippen LogP contribution in [0.1, 0.15) is 125 Å². The van der Waals surface area contributed by atoms with Gasteiger partial charge in [0.05, 0.1) is 48.5 Å². The maximum absolute atomic E-state index is 13.9. The minimum absolute atomic E-state index is 0.0180. The van der Waals surface area contributed by atoms with Crippen LogP contribution >= 0.6 is 0 Å². The second-order valence-corrected chi connectivity index (χ2v) is 14.7. The van der Waals surface area contributed by atoms with Crippen LogP contribution in [-0.2, 0) is 33.3 Å². The van der Waals surface area contributed by atoms with Gasteiger partial charge < -0.3 is 28.6 Å². The second-order valence-electron chi connectivity index (χ2n) is 14.7. The minimum Gasteiger partial charge on any atom is -0.462 e. The van der Waals surface area contributed by atoms with Crippen LogP contribution in [0.25, 0.3) is 0 Å². The van der Waals surface area contributed by atoms with Crippen molar-refractivity contribution < 1.29 is 33.3 Å². The average molecular weight is 622 g/mol. The third-order valence-corrected chi connectivity index (χ3v) is 11.3. The smallest absolute Gasteiger partial charge is 0.311 e. The first kappa shape index (κ1) is 35.6. The third kappa shape index (κ3) is 8.77. The maximum Gasteiger partial charge on any atom is 0.311 e. The van der Waals surface area contributed by atoms with E-state index in [9.17, 15) is 9.59 Å². The topological polar surface area (TPSA) is 83.5 Å². The molecular formula is C36H63NO7. The lowest BCUT2D eigenvalue weighted by atomic mass is 9.81. The van der Waals surface area contributed by atoms with Crippen LogP contribution in [0.2, 0.25) is 0 Å². The molecule has 0 radical (unpaired) electrons. The van der Waals surface area contributed by atoms with E-state index < -0.39 is 0 Å². The van der Waals surface area contributed by atoms with Gasteiger partial charge in [0.2, 0.25) is 0 Å². The fourth-order valence-corrected chi connectivity index (χ4v) is 8.32. The lowest BCUT2D eigenvalue weighted by molar-refractivity contribution is -0.176. The Morgan fingerprint density at radius 3 is 2.09 bits per heavy atom. The van der Waals surface area contributed by atoms with Crippen molar-refractivity contribution >= 4 is 11.9 Å². The number of carbonyl (C=O) groups excluding carboxylic acids is 2. The molecule has 0 unspecified atom stereocenters. The first-order valence-corrected chi connectivity index (χ1v) is 18.1. The Bertz CT molecular complexity index is 913. The number of nitrogens with zero attached hydrogens (tertiary/aromatic N) is 1. The number of fused-ring (bicyclic) bond motifs is 4. The van der Waals surface area contributed by atoms with Crippen LogP contribution in [0.3, 0.4) is 0 Å². The van der Waals surface area contributed by atoms with E-state index in [1.807, 2.05) is 13.8 Å². The van der Waals surface area contributed by atoms with Gasteiger partial charge >= 0.3 is 11.9 Å². The minimum atomic E-state index is -0.364.